The summed E-state index contributed by atoms with van der Waals surface area (Å²) in [5, 5.41) is 13.4. The third-order valence-electron chi connectivity index (χ3n) is 3.27. The molecule has 1 fully saturated rings. The molecule has 0 amide bonds. The molecule has 1 rings (SSSR count). The second-order valence-corrected chi connectivity index (χ2v) is 4.54. The van der Waals surface area contributed by atoms with Gasteiger partial charge >= 0.3 is 0 Å². The Morgan fingerprint density at radius 2 is 2.00 bits per heavy atom. The molecule has 4 nitrogen and oxygen atoms in total. The molecule has 96 valence electrons. The van der Waals surface area contributed by atoms with Gasteiger partial charge in [0.1, 0.15) is 0 Å². The third-order valence-corrected chi connectivity index (χ3v) is 3.27. The Morgan fingerprint density at radius 3 is 2.69 bits per heavy atom. The van der Waals surface area contributed by atoms with Crippen LogP contribution in [0.5, 0.6) is 0 Å². The van der Waals surface area contributed by atoms with Crippen LogP contribution >= 0.6 is 0 Å². The van der Waals surface area contributed by atoms with Crippen molar-refractivity contribution < 1.29 is 5.11 Å². The number of hydrogen-bond acceptors (Lipinski definition) is 4. The Labute approximate surface area is 99.6 Å². The van der Waals surface area contributed by atoms with Crippen molar-refractivity contribution in [3.63, 3.8) is 0 Å². The zero-order valence-corrected chi connectivity index (χ0v) is 10.8. The first-order chi connectivity index (χ1) is 7.76. The monoisotopic (exact) mass is 229 g/mol. The van der Waals surface area contributed by atoms with Crippen LogP contribution < -0.4 is 5.32 Å². The molecule has 2 N–H and O–H groups in total. The summed E-state index contributed by atoms with van der Waals surface area (Å²) in [6.07, 6.45) is 0.982. The highest BCUT2D eigenvalue weighted by atomic mass is 16.3. The van der Waals surface area contributed by atoms with Crippen LogP contribution in [0.25, 0.3) is 0 Å². The summed E-state index contributed by atoms with van der Waals surface area (Å²) in [6.45, 7) is 12.3. The first-order valence-corrected chi connectivity index (χ1v) is 6.59. The van der Waals surface area contributed by atoms with E-state index in [9.17, 15) is 5.11 Å². The highest BCUT2D eigenvalue weighted by Crippen LogP contribution is 1.99. The highest BCUT2D eigenvalue weighted by Gasteiger charge is 2.15. The molecule has 0 bridgehead atoms. The van der Waals surface area contributed by atoms with E-state index < -0.39 is 0 Å². The topological polar surface area (TPSA) is 38.7 Å². The second kappa shape index (κ2) is 8.01. The van der Waals surface area contributed by atoms with Crippen molar-refractivity contribution in [2.75, 3.05) is 52.4 Å². The number of aliphatic hydroxyl groups is 1. The molecule has 1 aliphatic rings. The Morgan fingerprint density at radius 1 is 1.25 bits per heavy atom. The largest absolute Gasteiger partial charge is 0.390 e. The molecule has 1 unspecified atom stereocenters. The average molecular weight is 229 g/mol. The van der Waals surface area contributed by atoms with Gasteiger partial charge in [0, 0.05) is 26.2 Å². The van der Waals surface area contributed by atoms with Crippen LogP contribution in [0.1, 0.15) is 20.3 Å². The zero-order valence-electron chi connectivity index (χ0n) is 10.8. The quantitative estimate of drug-likeness (QED) is 0.672. The van der Waals surface area contributed by atoms with E-state index in [-0.39, 0.29) is 6.10 Å². The van der Waals surface area contributed by atoms with Crippen LogP contribution in [0.15, 0.2) is 0 Å². The number of hydrogen-bond donors (Lipinski definition) is 2. The van der Waals surface area contributed by atoms with Gasteiger partial charge in [-0.05, 0) is 32.6 Å². The summed E-state index contributed by atoms with van der Waals surface area (Å²) in [5.41, 5.74) is 0. The summed E-state index contributed by atoms with van der Waals surface area (Å²) in [6, 6.07) is 0. The fourth-order valence-electron chi connectivity index (χ4n) is 2.22. The van der Waals surface area contributed by atoms with E-state index in [4.69, 9.17) is 0 Å². The molecule has 0 aromatic rings. The second-order valence-electron chi connectivity index (χ2n) is 4.54. The van der Waals surface area contributed by atoms with Crippen molar-refractivity contribution in [1.29, 1.82) is 0 Å². The molecule has 0 aromatic carbocycles. The Kier molecular flexibility index (Phi) is 6.96. The normalized spacial score (nSPS) is 21.0. The van der Waals surface area contributed by atoms with Crippen molar-refractivity contribution in [2.45, 2.75) is 26.4 Å². The molecule has 0 radical (unpaired) electrons. The lowest BCUT2D eigenvalue weighted by Gasteiger charge is -2.26. The maximum Gasteiger partial charge on any atom is 0.0793 e. The van der Waals surface area contributed by atoms with Crippen LogP contribution in [-0.4, -0.2) is 73.4 Å². The van der Waals surface area contributed by atoms with E-state index >= 15 is 0 Å². The number of aliphatic hydroxyl groups excluding tert-OH is 1. The SMILES string of the molecule is CCN(CC)CC(O)CN1CCCNCC1. The zero-order chi connectivity index (χ0) is 11.8. The van der Waals surface area contributed by atoms with Crippen LogP contribution in [0, 0.1) is 0 Å². The summed E-state index contributed by atoms with van der Waals surface area (Å²) in [4.78, 5) is 4.65. The van der Waals surface area contributed by atoms with Gasteiger partial charge in [0.05, 0.1) is 6.10 Å². The molecular formula is C12H27N3O. The van der Waals surface area contributed by atoms with Gasteiger partial charge in [0.25, 0.3) is 0 Å². The molecule has 16 heavy (non-hydrogen) atoms. The van der Waals surface area contributed by atoms with E-state index in [0.717, 1.165) is 52.4 Å². The van der Waals surface area contributed by atoms with Gasteiger partial charge in [-0.2, -0.15) is 0 Å². The number of likely N-dealkylation sites (N-methyl/N-ethyl adjacent to an activating group) is 1. The van der Waals surface area contributed by atoms with E-state index in [0.29, 0.717) is 0 Å². The fraction of sp³-hybridized carbons (Fsp3) is 1.00. The summed E-state index contributed by atoms with van der Waals surface area (Å²) in [7, 11) is 0. The molecule has 0 aliphatic carbocycles. The Bertz CT molecular complexity index is 166. The summed E-state index contributed by atoms with van der Waals surface area (Å²) in [5.74, 6) is 0. The minimum atomic E-state index is -0.210. The summed E-state index contributed by atoms with van der Waals surface area (Å²) >= 11 is 0. The van der Waals surface area contributed by atoms with Crippen LogP contribution in [0.4, 0.5) is 0 Å². The number of nitrogens with one attached hydrogen (secondary N) is 1. The van der Waals surface area contributed by atoms with Gasteiger partial charge in [0.2, 0.25) is 0 Å². The maximum absolute atomic E-state index is 10.0. The van der Waals surface area contributed by atoms with E-state index in [1.54, 1.807) is 0 Å². The lowest BCUT2D eigenvalue weighted by molar-refractivity contribution is 0.0793. The van der Waals surface area contributed by atoms with Gasteiger partial charge in [0.15, 0.2) is 0 Å². The Hall–Kier alpha value is -0.160. The predicted molar refractivity (Wildman–Crippen MR) is 67.7 cm³/mol. The first-order valence-electron chi connectivity index (χ1n) is 6.59. The minimum Gasteiger partial charge on any atom is -0.390 e. The Balaban J connectivity index is 2.23. The molecule has 1 aliphatic heterocycles. The molecule has 0 aromatic heterocycles. The van der Waals surface area contributed by atoms with E-state index in [2.05, 4.69) is 29.0 Å². The molecule has 0 spiro atoms. The van der Waals surface area contributed by atoms with Crippen LogP contribution in [0.3, 0.4) is 0 Å². The summed E-state index contributed by atoms with van der Waals surface area (Å²) < 4.78 is 0. The van der Waals surface area contributed by atoms with Gasteiger partial charge in [-0.15, -0.1) is 0 Å². The molecule has 1 saturated heterocycles. The molecule has 1 heterocycles. The first kappa shape index (κ1) is 13.9. The third kappa shape index (κ3) is 5.25. The smallest absolute Gasteiger partial charge is 0.0793 e. The highest BCUT2D eigenvalue weighted by molar-refractivity contribution is 4.71. The standard InChI is InChI=1S/C12H27N3O/c1-3-14(4-2)10-12(16)11-15-8-5-6-13-7-9-15/h12-13,16H,3-11H2,1-2H3. The maximum atomic E-state index is 10.0. The fourth-order valence-corrected chi connectivity index (χ4v) is 2.22. The average Bonchev–Trinajstić information content (AvgIpc) is 2.54. The number of β-amino-alcohol motifs (C(OH)–C–C–N with tert-alkyl or cyclic N) is 1. The van der Waals surface area contributed by atoms with Crippen LogP contribution in [-0.2, 0) is 0 Å². The van der Waals surface area contributed by atoms with E-state index in [1.807, 2.05) is 0 Å². The van der Waals surface area contributed by atoms with Gasteiger partial charge in [-0.25, -0.2) is 0 Å². The van der Waals surface area contributed by atoms with Gasteiger partial charge < -0.3 is 15.3 Å². The van der Waals surface area contributed by atoms with Crippen molar-refractivity contribution >= 4 is 0 Å². The molecule has 1 atom stereocenters. The molecule has 4 heteroatoms. The van der Waals surface area contributed by atoms with Crippen molar-refractivity contribution in [2.24, 2.45) is 0 Å². The van der Waals surface area contributed by atoms with E-state index in [1.165, 1.54) is 6.42 Å². The van der Waals surface area contributed by atoms with Gasteiger partial charge in [-0.3, -0.25) is 4.90 Å². The number of rotatable bonds is 6. The molecular weight excluding hydrogens is 202 g/mol. The van der Waals surface area contributed by atoms with Crippen molar-refractivity contribution in [3.8, 4) is 0 Å². The van der Waals surface area contributed by atoms with Crippen molar-refractivity contribution in [1.82, 2.24) is 15.1 Å². The molecule has 0 saturated carbocycles. The minimum absolute atomic E-state index is 0.210. The predicted octanol–water partition coefficient (Wildman–Crippen LogP) is -0.0156. The number of nitrogens with zero attached hydrogens (tertiary/aromatic N) is 2. The lowest BCUT2D eigenvalue weighted by atomic mass is 10.2. The van der Waals surface area contributed by atoms with Crippen molar-refractivity contribution in [3.05, 3.63) is 0 Å². The van der Waals surface area contributed by atoms with Crippen LogP contribution in [0.2, 0.25) is 0 Å². The van der Waals surface area contributed by atoms with Gasteiger partial charge in [-0.1, -0.05) is 13.8 Å². The lowest BCUT2D eigenvalue weighted by Crippen LogP contribution is -2.41.